The molecule has 242 valence electrons. The van der Waals surface area contributed by atoms with E-state index in [1.807, 2.05) is 0 Å². The summed E-state index contributed by atoms with van der Waals surface area (Å²) in [5.41, 5.74) is 11.2. The average Bonchev–Trinajstić information content (AvgIpc) is 3.72. The van der Waals surface area contributed by atoms with Gasteiger partial charge >= 0.3 is 99.2 Å². The van der Waals surface area contributed by atoms with Crippen molar-refractivity contribution >= 4 is 30.3 Å². The van der Waals surface area contributed by atoms with Gasteiger partial charge in [-0.25, -0.2) is 0 Å². The molecule has 1 aliphatic rings. The van der Waals surface area contributed by atoms with Gasteiger partial charge in [-0.15, -0.1) is 33.7 Å². The molecule has 0 fully saturated rings. The number of benzene rings is 5. The summed E-state index contributed by atoms with van der Waals surface area (Å²) in [6.45, 7) is 13.9. The van der Waals surface area contributed by atoms with Gasteiger partial charge in [-0.1, -0.05) is 131 Å². The molecule has 48 heavy (non-hydrogen) atoms. The molecule has 0 saturated carbocycles. The van der Waals surface area contributed by atoms with Crippen LogP contribution in [0, 0.1) is 0 Å². The molecule has 6 aromatic rings. The second-order valence-electron chi connectivity index (χ2n) is 14.4. The summed E-state index contributed by atoms with van der Waals surface area (Å²) in [5, 5.41) is 5.48. The van der Waals surface area contributed by atoms with E-state index in [2.05, 4.69) is 181 Å². The molecule has 0 unspecified atom stereocenters. The quantitative estimate of drug-likeness (QED) is 0.191. The van der Waals surface area contributed by atoms with Gasteiger partial charge in [0.25, 0.3) is 0 Å². The minimum absolute atomic E-state index is 0. The first-order valence-electron chi connectivity index (χ1n) is 16.3. The van der Waals surface area contributed by atoms with Crippen LogP contribution in [0.25, 0.3) is 38.2 Å². The molecule has 0 nitrogen and oxygen atoms in total. The fourth-order valence-corrected chi connectivity index (χ4v) is 7.41. The topological polar surface area (TPSA) is 0 Å². The Labute approximate surface area is 314 Å². The van der Waals surface area contributed by atoms with Crippen LogP contribution in [0.3, 0.4) is 0 Å². The Balaban J connectivity index is 0.000000274. The van der Waals surface area contributed by atoms with E-state index in [9.17, 15) is 0 Å². The van der Waals surface area contributed by atoms with Crippen LogP contribution < -0.4 is 24.8 Å². The molecule has 0 aliphatic heterocycles. The zero-order chi connectivity index (χ0) is 32.5. The Kier molecular flexibility index (Phi) is 12.2. The summed E-state index contributed by atoms with van der Waals surface area (Å²) in [6.07, 6.45) is 7.81. The molecule has 6 aromatic carbocycles. The van der Waals surface area contributed by atoms with Crippen LogP contribution in [0.5, 0.6) is 0 Å². The molecule has 1 aliphatic carbocycles. The number of fused-ring (bicyclic) bond motifs is 3. The van der Waals surface area contributed by atoms with Crippen LogP contribution in [0.15, 0.2) is 140 Å². The van der Waals surface area contributed by atoms with E-state index < -0.39 is 0 Å². The summed E-state index contributed by atoms with van der Waals surface area (Å²) in [4.78, 5) is 0. The molecule has 0 saturated heterocycles. The maximum atomic E-state index is 2.46. The summed E-state index contributed by atoms with van der Waals surface area (Å²) in [5.74, 6) is 0. The molecule has 7 rings (SSSR count). The van der Waals surface area contributed by atoms with Gasteiger partial charge in [0.1, 0.15) is 0 Å². The molecular weight excluding hydrogens is 703 g/mol. The Bertz CT molecular complexity index is 2030. The van der Waals surface area contributed by atoms with Crippen LogP contribution in [-0.4, -0.2) is 3.21 Å². The van der Waals surface area contributed by atoms with Crippen LogP contribution in [0.1, 0.15) is 75.8 Å². The van der Waals surface area contributed by atoms with Crippen molar-refractivity contribution in [3.05, 3.63) is 167 Å². The SMILES string of the molecule is CC(C)(C)c1ccc2c(c1)[cH-]c1c(C3=CC=CC3)c(C(C)(C)C)c(-c3ccccc3)cc12.[Cl-].[Cl-].[Zr+2]=[C](c1ccccc1)c1ccccc1. The molecular formula is C45H43Cl2Zr-. The maximum absolute atomic E-state index is 2.46. The number of rotatable bonds is 4. The van der Waals surface area contributed by atoms with Crippen LogP contribution in [-0.2, 0) is 35.1 Å². The van der Waals surface area contributed by atoms with E-state index >= 15 is 0 Å². The number of allylic oxidation sites excluding steroid dienone is 4. The molecule has 3 heteroatoms. The van der Waals surface area contributed by atoms with Crippen LogP contribution in [0.2, 0.25) is 0 Å². The Morgan fingerprint density at radius 2 is 1.21 bits per heavy atom. The van der Waals surface area contributed by atoms with Gasteiger partial charge < -0.3 is 24.8 Å². The Hall–Kier alpha value is -3.22. The third-order valence-electron chi connectivity index (χ3n) is 8.93. The van der Waals surface area contributed by atoms with Crippen molar-refractivity contribution in [2.45, 2.75) is 58.8 Å². The van der Waals surface area contributed by atoms with Crippen LogP contribution in [0.4, 0.5) is 0 Å². The summed E-state index contributed by atoms with van der Waals surface area (Å²) in [7, 11) is 0. The Morgan fingerprint density at radius 3 is 1.71 bits per heavy atom. The van der Waals surface area contributed by atoms with Crippen molar-refractivity contribution in [2.24, 2.45) is 0 Å². The van der Waals surface area contributed by atoms with Gasteiger partial charge in [-0.2, -0.15) is 0 Å². The van der Waals surface area contributed by atoms with E-state index in [0.717, 1.165) is 6.42 Å². The zero-order valence-corrected chi connectivity index (χ0v) is 32.7. The second kappa shape index (κ2) is 15.6. The zero-order valence-electron chi connectivity index (χ0n) is 28.7. The molecule has 0 spiro atoms. The standard InChI is InChI=1S/C32H33.C13H10.2ClH.Zr/c1-31(2,3)24-16-17-25-23(18-24)19-28-27(25)20-26(21-12-8-7-9-13-21)30(32(4,5)6)29(28)22-14-10-11-15-22;1-3-7-12(8-4-1)11-13-9-5-2-6-10-13;;;/h7-14,16-20H,15H2,1-6H3;1-10H;2*1H;/q-1;;;;+2/p-2. The number of hydrogen-bond acceptors (Lipinski definition) is 0. The van der Waals surface area contributed by atoms with Crippen LogP contribution >= 0.6 is 0 Å². The van der Waals surface area contributed by atoms with Gasteiger partial charge in [0, 0.05) is 0 Å². The third kappa shape index (κ3) is 7.97. The molecule has 0 bridgehead atoms. The van der Waals surface area contributed by atoms with Crippen molar-refractivity contribution in [1.82, 2.24) is 0 Å². The fourth-order valence-electron chi connectivity index (χ4n) is 6.59. The molecule has 0 amide bonds. The van der Waals surface area contributed by atoms with Crippen molar-refractivity contribution < 1.29 is 49.0 Å². The van der Waals surface area contributed by atoms with E-state index in [1.54, 1.807) is 0 Å². The van der Waals surface area contributed by atoms with Gasteiger partial charge in [-0.3, -0.25) is 0 Å². The van der Waals surface area contributed by atoms with E-state index in [0.29, 0.717) is 0 Å². The first-order valence-corrected chi connectivity index (χ1v) is 17.6. The Morgan fingerprint density at radius 1 is 0.646 bits per heavy atom. The summed E-state index contributed by atoms with van der Waals surface area (Å²) in [6, 6.07) is 44.0. The molecule has 0 radical (unpaired) electrons. The first-order chi connectivity index (χ1) is 22.0. The summed E-state index contributed by atoms with van der Waals surface area (Å²) < 4.78 is 1.42. The van der Waals surface area contributed by atoms with E-state index in [4.69, 9.17) is 0 Å². The van der Waals surface area contributed by atoms with Gasteiger partial charge in [0.05, 0.1) is 0 Å². The fraction of sp³-hybridized carbons (Fsp3) is 0.200. The van der Waals surface area contributed by atoms with Crippen molar-refractivity contribution in [3.63, 3.8) is 0 Å². The molecule has 0 atom stereocenters. The molecule has 0 heterocycles. The predicted octanol–water partition coefficient (Wildman–Crippen LogP) is 6.13. The van der Waals surface area contributed by atoms with Crippen molar-refractivity contribution in [1.29, 1.82) is 0 Å². The molecule has 0 N–H and O–H groups in total. The van der Waals surface area contributed by atoms with Gasteiger partial charge in [0.2, 0.25) is 0 Å². The average molecular weight is 746 g/mol. The number of hydrogen-bond donors (Lipinski definition) is 0. The van der Waals surface area contributed by atoms with Crippen molar-refractivity contribution in [2.75, 3.05) is 0 Å². The normalized spacial score (nSPS) is 12.5. The predicted molar refractivity (Wildman–Crippen MR) is 198 cm³/mol. The van der Waals surface area contributed by atoms with E-state index in [-0.39, 0.29) is 35.6 Å². The van der Waals surface area contributed by atoms with Gasteiger partial charge in [0.15, 0.2) is 0 Å². The van der Waals surface area contributed by atoms with Gasteiger partial charge in [-0.05, 0) is 28.4 Å². The number of halogens is 2. The van der Waals surface area contributed by atoms with Crippen molar-refractivity contribution in [3.8, 4) is 11.1 Å². The minimum atomic E-state index is 0. The molecule has 0 aromatic heterocycles. The first kappa shape index (κ1) is 37.6. The third-order valence-corrected chi connectivity index (χ3v) is 10.3. The van der Waals surface area contributed by atoms with E-state index in [1.165, 1.54) is 93.5 Å². The monoisotopic (exact) mass is 743 g/mol. The summed E-state index contributed by atoms with van der Waals surface area (Å²) >= 11 is 1.46. The second-order valence-corrected chi connectivity index (χ2v) is 15.6.